The molecule has 0 unspecified atom stereocenters. The smallest absolute Gasteiger partial charge is 0.248 e. The second-order valence-electron chi connectivity index (χ2n) is 3.08. The van der Waals surface area contributed by atoms with Gasteiger partial charge in [-0.05, 0) is 30.0 Å². The Bertz CT molecular complexity index is 402. The van der Waals surface area contributed by atoms with E-state index in [4.69, 9.17) is 11.3 Å². The van der Waals surface area contributed by atoms with Gasteiger partial charge in [0.05, 0.1) is 0 Å². The highest BCUT2D eigenvalue weighted by Gasteiger charge is 2.05. The van der Waals surface area contributed by atoms with Crippen LogP contribution in [-0.4, -0.2) is 12.5 Å². The number of hydrogen-bond acceptors (Lipinski definition) is 2. The highest BCUT2D eigenvalue weighted by atomic mass is 35.5. The molecule has 0 aromatic heterocycles. The predicted molar refractivity (Wildman–Crippen MR) is 64.5 cm³/mol. The summed E-state index contributed by atoms with van der Waals surface area (Å²) in [6, 6.07) is 7.19. The van der Waals surface area contributed by atoms with Crippen LogP contribution in [0.4, 0.5) is 0 Å². The molecule has 0 radical (unpaired) electrons. The van der Waals surface area contributed by atoms with Gasteiger partial charge in [0, 0.05) is 17.0 Å². The first-order chi connectivity index (χ1) is 7.25. The number of nitrogens with zero attached hydrogens (tertiary/aromatic N) is 3. The van der Waals surface area contributed by atoms with Crippen molar-refractivity contribution < 1.29 is 4.79 Å². The monoisotopic (exact) mass is 240 g/mol. The molecule has 1 amide bonds. The number of hydrogen-bond donors (Lipinski definition) is 1. The molecule has 0 aliphatic rings. The third kappa shape index (κ3) is 4.21. The minimum absolute atomic E-state index is 0. The molecule has 0 spiro atoms. The molecule has 86 valence electrons. The van der Waals surface area contributed by atoms with Gasteiger partial charge in [-0.25, -0.2) is 0 Å². The van der Waals surface area contributed by atoms with Gasteiger partial charge in [0.25, 0.3) is 0 Å². The lowest BCUT2D eigenvalue weighted by molar-refractivity contribution is 0.0999. The molecule has 1 aromatic rings. The van der Waals surface area contributed by atoms with Crippen LogP contribution in [0.5, 0.6) is 0 Å². The van der Waals surface area contributed by atoms with E-state index in [9.17, 15) is 4.79 Å². The Morgan fingerprint density at radius 3 is 2.75 bits per heavy atom. The molecule has 0 saturated heterocycles. The molecule has 0 bridgehead atoms. The van der Waals surface area contributed by atoms with Crippen molar-refractivity contribution in [3.8, 4) is 0 Å². The number of amides is 1. The van der Waals surface area contributed by atoms with Crippen molar-refractivity contribution in [1.82, 2.24) is 0 Å². The molecule has 0 saturated carbocycles. The van der Waals surface area contributed by atoms with Gasteiger partial charge in [0.15, 0.2) is 0 Å². The molecule has 0 aliphatic heterocycles. The SMILES string of the molecule is Cl.[N-]=[N+]=NCCCc1ccccc1C(N)=O. The largest absolute Gasteiger partial charge is 0.366 e. The number of carbonyl (C=O) groups is 1. The number of primary amides is 1. The van der Waals surface area contributed by atoms with Crippen molar-refractivity contribution in [3.63, 3.8) is 0 Å². The topological polar surface area (TPSA) is 91.8 Å². The number of aryl methyl sites for hydroxylation is 1. The first-order valence-electron chi connectivity index (χ1n) is 4.64. The minimum atomic E-state index is -0.422. The van der Waals surface area contributed by atoms with Crippen LogP contribution in [0.25, 0.3) is 10.4 Å². The fourth-order valence-electron chi connectivity index (χ4n) is 1.36. The summed E-state index contributed by atoms with van der Waals surface area (Å²) < 4.78 is 0. The van der Waals surface area contributed by atoms with E-state index in [0.29, 0.717) is 24.9 Å². The van der Waals surface area contributed by atoms with E-state index < -0.39 is 5.91 Å². The maximum absolute atomic E-state index is 11.1. The highest BCUT2D eigenvalue weighted by Crippen LogP contribution is 2.10. The van der Waals surface area contributed by atoms with Crippen molar-refractivity contribution in [1.29, 1.82) is 0 Å². The van der Waals surface area contributed by atoms with Gasteiger partial charge >= 0.3 is 0 Å². The van der Waals surface area contributed by atoms with Crippen LogP contribution in [0.3, 0.4) is 0 Å². The molecule has 0 heterocycles. The van der Waals surface area contributed by atoms with Crippen LogP contribution in [0.15, 0.2) is 29.4 Å². The Hall–Kier alpha value is -1.71. The van der Waals surface area contributed by atoms with E-state index in [2.05, 4.69) is 10.0 Å². The third-order valence-electron chi connectivity index (χ3n) is 2.05. The lowest BCUT2D eigenvalue weighted by atomic mass is 10.0. The van der Waals surface area contributed by atoms with Gasteiger partial charge < -0.3 is 5.73 Å². The van der Waals surface area contributed by atoms with E-state index in [1.54, 1.807) is 12.1 Å². The van der Waals surface area contributed by atoms with Gasteiger partial charge in [-0.2, -0.15) is 0 Å². The molecule has 6 heteroatoms. The zero-order valence-electron chi connectivity index (χ0n) is 8.67. The highest BCUT2D eigenvalue weighted by molar-refractivity contribution is 5.94. The van der Waals surface area contributed by atoms with Crippen LogP contribution in [-0.2, 0) is 6.42 Å². The van der Waals surface area contributed by atoms with Crippen molar-refractivity contribution in [2.75, 3.05) is 6.54 Å². The number of azide groups is 1. The molecule has 0 atom stereocenters. The van der Waals surface area contributed by atoms with Crippen molar-refractivity contribution >= 4 is 18.3 Å². The second-order valence-corrected chi connectivity index (χ2v) is 3.08. The summed E-state index contributed by atoms with van der Waals surface area (Å²) in [4.78, 5) is 13.7. The molecular weight excluding hydrogens is 228 g/mol. The molecule has 1 aromatic carbocycles. The van der Waals surface area contributed by atoms with Crippen molar-refractivity contribution in [2.45, 2.75) is 12.8 Å². The molecule has 16 heavy (non-hydrogen) atoms. The maximum Gasteiger partial charge on any atom is 0.248 e. The molecule has 1 rings (SSSR count). The first kappa shape index (κ1) is 14.3. The number of carbonyl (C=O) groups excluding carboxylic acids is 1. The number of benzene rings is 1. The Morgan fingerprint density at radius 2 is 2.12 bits per heavy atom. The summed E-state index contributed by atoms with van der Waals surface area (Å²) >= 11 is 0. The first-order valence-corrected chi connectivity index (χ1v) is 4.64. The normalized spacial score (nSPS) is 8.75. The van der Waals surface area contributed by atoms with E-state index in [-0.39, 0.29) is 12.4 Å². The van der Waals surface area contributed by atoms with Gasteiger partial charge in [-0.1, -0.05) is 23.3 Å². The van der Waals surface area contributed by atoms with E-state index in [1.165, 1.54) is 0 Å². The van der Waals surface area contributed by atoms with Gasteiger partial charge in [0.1, 0.15) is 0 Å². The fraction of sp³-hybridized carbons (Fsp3) is 0.300. The van der Waals surface area contributed by atoms with Crippen LogP contribution >= 0.6 is 12.4 Å². The quantitative estimate of drug-likeness (QED) is 0.364. The number of nitrogens with two attached hydrogens (primary N) is 1. The van der Waals surface area contributed by atoms with Gasteiger partial charge in [-0.3, -0.25) is 4.79 Å². The van der Waals surface area contributed by atoms with Crippen LogP contribution in [0.1, 0.15) is 22.3 Å². The van der Waals surface area contributed by atoms with Gasteiger partial charge in [-0.15, -0.1) is 12.4 Å². The average Bonchev–Trinajstić information content (AvgIpc) is 2.25. The summed E-state index contributed by atoms with van der Waals surface area (Å²) in [6.45, 7) is 0.434. The Morgan fingerprint density at radius 1 is 1.44 bits per heavy atom. The summed E-state index contributed by atoms with van der Waals surface area (Å²) in [5.41, 5.74) is 14.8. The van der Waals surface area contributed by atoms with Crippen molar-refractivity contribution in [2.24, 2.45) is 10.8 Å². The zero-order chi connectivity index (χ0) is 11.1. The fourth-order valence-corrected chi connectivity index (χ4v) is 1.36. The summed E-state index contributed by atoms with van der Waals surface area (Å²) in [5.74, 6) is -0.422. The molecular formula is C10H13ClN4O. The summed E-state index contributed by atoms with van der Waals surface area (Å²) in [5, 5.41) is 3.43. The average molecular weight is 241 g/mol. The summed E-state index contributed by atoms with van der Waals surface area (Å²) in [7, 11) is 0. The summed E-state index contributed by atoms with van der Waals surface area (Å²) in [6.07, 6.45) is 1.41. The lowest BCUT2D eigenvalue weighted by Crippen LogP contribution is -2.13. The van der Waals surface area contributed by atoms with Crippen molar-refractivity contribution in [3.05, 3.63) is 45.8 Å². The molecule has 0 aliphatic carbocycles. The number of rotatable bonds is 5. The van der Waals surface area contributed by atoms with E-state index in [0.717, 1.165) is 5.56 Å². The maximum atomic E-state index is 11.1. The second kappa shape index (κ2) is 7.56. The van der Waals surface area contributed by atoms with Crippen LogP contribution in [0, 0.1) is 0 Å². The molecule has 0 fully saturated rings. The number of halogens is 1. The Kier molecular flexibility index (Phi) is 6.76. The minimum Gasteiger partial charge on any atom is -0.366 e. The van der Waals surface area contributed by atoms with E-state index >= 15 is 0 Å². The molecule has 5 nitrogen and oxygen atoms in total. The van der Waals surface area contributed by atoms with E-state index in [1.807, 2.05) is 12.1 Å². The molecule has 2 N–H and O–H groups in total. The third-order valence-corrected chi connectivity index (χ3v) is 2.05. The lowest BCUT2D eigenvalue weighted by Gasteiger charge is -2.04. The van der Waals surface area contributed by atoms with Crippen LogP contribution < -0.4 is 5.73 Å². The Labute approximate surface area is 99.7 Å². The standard InChI is InChI=1S/C10H12N4O.ClH/c11-10(15)9-6-2-1-4-8(9)5-3-7-13-14-12;/h1-2,4,6H,3,5,7H2,(H2,11,15);1H. The predicted octanol–water partition coefficient (Wildman–Crippen LogP) is 2.45. The zero-order valence-corrected chi connectivity index (χ0v) is 9.48. The van der Waals surface area contributed by atoms with Crippen LogP contribution in [0.2, 0.25) is 0 Å². The van der Waals surface area contributed by atoms with Gasteiger partial charge in [0.2, 0.25) is 5.91 Å². The Balaban J connectivity index is 0.00000225.